The van der Waals surface area contributed by atoms with Crippen molar-refractivity contribution in [2.75, 3.05) is 13.2 Å². The zero-order chi connectivity index (χ0) is 15.2. The average molecular weight is 290 g/mol. The largest absolute Gasteiger partial charge is 0.483 e. The van der Waals surface area contributed by atoms with Crippen LogP contribution in [0.1, 0.15) is 44.6 Å². The third kappa shape index (κ3) is 4.74. The molecule has 0 radical (unpaired) electrons. The molecule has 1 saturated carbocycles. The van der Waals surface area contributed by atoms with Crippen molar-refractivity contribution in [3.8, 4) is 5.75 Å². The van der Waals surface area contributed by atoms with Crippen molar-refractivity contribution in [2.24, 2.45) is 11.7 Å². The predicted octanol–water partition coefficient (Wildman–Crippen LogP) is 2.43. The van der Waals surface area contributed by atoms with E-state index >= 15 is 0 Å². The molecule has 1 aliphatic carbocycles. The quantitative estimate of drug-likeness (QED) is 0.773. The summed E-state index contributed by atoms with van der Waals surface area (Å²) >= 11 is 0. The van der Waals surface area contributed by atoms with Gasteiger partial charge in [-0.3, -0.25) is 4.79 Å². The minimum atomic E-state index is -0.106. The molecule has 0 bridgehead atoms. The van der Waals surface area contributed by atoms with Crippen LogP contribution in [0.5, 0.6) is 5.75 Å². The Morgan fingerprint density at radius 1 is 1.43 bits per heavy atom. The van der Waals surface area contributed by atoms with E-state index in [1.165, 1.54) is 12.8 Å². The van der Waals surface area contributed by atoms with Crippen LogP contribution in [-0.4, -0.2) is 25.1 Å². The van der Waals surface area contributed by atoms with Crippen molar-refractivity contribution in [3.63, 3.8) is 0 Å². The van der Waals surface area contributed by atoms with Gasteiger partial charge in [0.2, 0.25) is 0 Å². The Morgan fingerprint density at radius 3 is 2.81 bits per heavy atom. The Morgan fingerprint density at radius 2 is 2.14 bits per heavy atom. The number of ether oxygens (including phenoxy) is 1. The third-order valence-electron chi connectivity index (χ3n) is 4.18. The molecule has 2 rings (SSSR count). The van der Waals surface area contributed by atoms with Gasteiger partial charge in [-0.05, 0) is 42.7 Å². The minimum absolute atomic E-state index is 0.0465. The summed E-state index contributed by atoms with van der Waals surface area (Å²) in [5.74, 6) is 1.71. The van der Waals surface area contributed by atoms with Crippen LogP contribution in [0, 0.1) is 5.92 Å². The van der Waals surface area contributed by atoms with E-state index in [1.807, 2.05) is 18.2 Å². The van der Waals surface area contributed by atoms with Crippen LogP contribution in [0.2, 0.25) is 0 Å². The zero-order valence-electron chi connectivity index (χ0n) is 13.0. The number of nitrogens with one attached hydrogen (secondary N) is 1. The SMILES string of the molecule is CCC(C)c1ccccc1OCC(=O)NCC(N)C1CC1. The van der Waals surface area contributed by atoms with Crippen LogP contribution in [0.4, 0.5) is 0 Å². The van der Waals surface area contributed by atoms with E-state index in [9.17, 15) is 4.79 Å². The molecular formula is C17H26N2O2. The second-order valence-corrected chi connectivity index (χ2v) is 5.94. The van der Waals surface area contributed by atoms with Crippen LogP contribution >= 0.6 is 0 Å². The number of carbonyl (C=O) groups excluding carboxylic acids is 1. The number of benzene rings is 1. The molecule has 21 heavy (non-hydrogen) atoms. The molecule has 1 aliphatic rings. The first kappa shape index (κ1) is 15.8. The van der Waals surface area contributed by atoms with Gasteiger partial charge in [-0.25, -0.2) is 0 Å². The van der Waals surface area contributed by atoms with Crippen LogP contribution < -0.4 is 15.8 Å². The summed E-state index contributed by atoms with van der Waals surface area (Å²) in [4.78, 5) is 11.8. The molecule has 0 aliphatic heterocycles. The molecule has 1 aromatic carbocycles. The molecule has 4 nitrogen and oxygen atoms in total. The van der Waals surface area contributed by atoms with Gasteiger partial charge >= 0.3 is 0 Å². The first-order valence-corrected chi connectivity index (χ1v) is 7.85. The average Bonchev–Trinajstić information content (AvgIpc) is 3.35. The van der Waals surface area contributed by atoms with Gasteiger partial charge in [0, 0.05) is 12.6 Å². The molecule has 0 saturated heterocycles. The van der Waals surface area contributed by atoms with Crippen LogP contribution in [0.25, 0.3) is 0 Å². The first-order chi connectivity index (χ1) is 10.1. The summed E-state index contributed by atoms with van der Waals surface area (Å²) in [5, 5.41) is 2.85. The van der Waals surface area contributed by atoms with E-state index in [1.54, 1.807) is 0 Å². The van der Waals surface area contributed by atoms with Gasteiger partial charge in [-0.1, -0.05) is 32.0 Å². The van der Waals surface area contributed by atoms with Gasteiger partial charge in [-0.15, -0.1) is 0 Å². The molecular weight excluding hydrogens is 264 g/mol. The molecule has 2 unspecified atom stereocenters. The summed E-state index contributed by atoms with van der Waals surface area (Å²) in [5.41, 5.74) is 7.12. The number of para-hydroxylation sites is 1. The minimum Gasteiger partial charge on any atom is -0.483 e. The Labute approximate surface area is 127 Å². The van der Waals surface area contributed by atoms with Crippen molar-refractivity contribution in [2.45, 2.75) is 45.1 Å². The van der Waals surface area contributed by atoms with Crippen molar-refractivity contribution < 1.29 is 9.53 Å². The normalized spacial score (nSPS) is 17.1. The first-order valence-electron chi connectivity index (χ1n) is 7.85. The van der Waals surface area contributed by atoms with Gasteiger partial charge < -0.3 is 15.8 Å². The van der Waals surface area contributed by atoms with Crippen molar-refractivity contribution in [3.05, 3.63) is 29.8 Å². The standard InChI is InChI=1S/C17H26N2O2/c1-3-12(2)14-6-4-5-7-16(14)21-11-17(20)19-10-15(18)13-8-9-13/h4-7,12-13,15H,3,8-11,18H2,1-2H3,(H,19,20). The molecule has 116 valence electrons. The lowest BCUT2D eigenvalue weighted by atomic mass is 9.98. The summed E-state index contributed by atoms with van der Waals surface area (Å²) in [6.07, 6.45) is 3.43. The Hall–Kier alpha value is -1.55. The maximum atomic E-state index is 11.8. The fourth-order valence-corrected chi connectivity index (χ4v) is 2.36. The predicted molar refractivity (Wildman–Crippen MR) is 84.4 cm³/mol. The van der Waals surface area contributed by atoms with E-state index in [4.69, 9.17) is 10.5 Å². The third-order valence-corrected chi connectivity index (χ3v) is 4.18. The highest BCUT2D eigenvalue weighted by atomic mass is 16.5. The summed E-state index contributed by atoms with van der Waals surface area (Å²) in [6.45, 7) is 4.90. The van der Waals surface area contributed by atoms with Crippen LogP contribution in [-0.2, 0) is 4.79 Å². The fourth-order valence-electron chi connectivity index (χ4n) is 2.36. The lowest BCUT2D eigenvalue weighted by Crippen LogP contribution is -2.40. The van der Waals surface area contributed by atoms with Crippen molar-refractivity contribution in [1.82, 2.24) is 5.32 Å². The number of rotatable bonds is 8. The van der Waals surface area contributed by atoms with Gasteiger partial charge in [0.25, 0.3) is 5.91 Å². The second kappa shape index (κ2) is 7.46. The van der Waals surface area contributed by atoms with E-state index in [2.05, 4.69) is 25.2 Å². The van der Waals surface area contributed by atoms with Crippen molar-refractivity contribution in [1.29, 1.82) is 0 Å². The van der Waals surface area contributed by atoms with Gasteiger partial charge in [0.1, 0.15) is 5.75 Å². The molecule has 0 aromatic heterocycles. The number of hydrogen-bond acceptors (Lipinski definition) is 3. The van der Waals surface area contributed by atoms with Gasteiger partial charge in [-0.2, -0.15) is 0 Å². The topological polar surface area (TPSA) is 64.3 Å². The monoisotopic (exact) mass is 290 g/mol. The summed E-state index contributed by atoms with van der Waals surface area (Å²) in [6, 6.07) is 8.00. The molecule has 3 N–H and O–H groups in total. The summed E-state index contributed by atoms with van der Waals surface area (Å²) in [7, 11) is 0. The van der Waals surface area contributed by atoms with E-state index < -0.39 is 0 Å². The molecule has 0 heterocycles. The lowest BCUT2D eigenvalue weighted by Gasteiger charge is -2.16. The van der Waals surface area contributed by atoms with Crippen LogP contribution in [0.3, 0.4) is 0 Å². The molecule has 0 spiro atoms. The number of amides is 1. The Kier molecular flexibility index (Phi) is 5.62. The highest BCUT2D eigenvalue weighted by Gasteiger charge is 2.28. The van der Waals surface area contributed by atoms with Gasteiger partial charge in [0.05, 0.1) is 0 Å². The maximum absolute atomic E-state index is 11.8. The summed E-state index contributed by atoms with van der Waals surface area (Å²) < 4.78 is 5.68. The Balaban J connectivity index is 1.80. The molecule has 1 aromatic rings. The van der Waals surface area contributed by atoms with Gasteiger partial charge in [0.15, 0.2) is 6.61 Å². The molecule has 1 fully saturated rings. The lowest BCUT2D eigenvalue weighted by molar-refractivity contribution is -0.123. The maximum Gasteiger partial charge on any atom is 0.257 e. The number of carbonyl (C=O) groups is 1. The van der Waals surface area contributed by atoms with E-state index in [-0.39, 0.29) is 18.6 Å². The number of hydrogen-bond donors (Lipinski definition) is 2. The fraction of sp³-hybridized carbons (Fsp3) is 0.588. The molecule has 1 amide bonds. The highest BCUT2D eigenvalue weighted by Crippen LogP contribution is 2.31. The van der Waals surface area contributed by atoms with Crippen molar-refractivity contribution >= 4 is 5.91 Å². The Bertz CT molecular complexity index is 472. The van der Waals surface area contributed by atoms with Crippen LogP contribution in [0.15, 0.2) is 24.3 Å². The molecule has 4 heteroatoms. The highest BCUT2D eigenvalue weighted by molar-refractivity contribution is 5.77. The second-order valence-electron chi connectivity index (χ2n) is 5.94. The zero-order valence-corrected chi connectivity index (χ0v) is 13.0. The molecule has 2 atom stereocenters. The van der Waals surface area contributed by atoms with E-state index in [0.29, 0.717) is 18.4 Å². The smallest absolute Gasteiger partial charge is 0.257 e. The number of nitrogens with two attached hydrogens (primary N) is 1. The van der Waals surface area contributed by atoms with E-state index in [0.717, 1.165) is 17.7 Å².